The highest BCUT2D eigenvalue weighted by Crippen LogP contribution is 2.35. The van der Waals surface area contributed by atoms with Crippen LogP contribution in [0.1, 0.15) is 19.8 Å². The molecule has 0 amide bonds. The summed E-state index contributed by atoms with van der Waals surface area (Å²) in [5.74, 6) is 0.736. The number of nitrogens with two attached hydrogens (primary N) is 1. The molecule has 1 aliphatic carbocycles. The van der Waals surface area contributed by atoms with Crippen molar-refractivity contribution in [1.29, 1.82) is 0 Å². The summed E-state index contributed by atoms with van der Waals surface area (Å²) in [7, 11) is -3.63. The van der Waals surface area contributed by atoms with E-state index in [2.05, 4.69) is 28.2 Å². The number of benzene rings is 1. The number of rotatable bonds is 4. The van der Waals surface area contributed by atoms with Crippen molar-refractivity contribution in [1.82, 2.24) is 0 Å². The van der Waals surface area contributed by atoms with Crippen molar-refractivity contribution in [3.05, 3.63) is 22.7 Å². The molecule has 1 fully saturated rings. The lowest BCUT2D eigenvalue weighted by atomic mass is 10.2. The zero-order chi connectivity index (χ0) is 12.6. The lowest BCUT2D eigenvalue weighted by Gasteiger charge is -2.16. The third-order valence-corrected chi connectivity index (χ3v) is 4.55. The van der Waals surface area contributed by atoms with E-state index in [0.717, 1.165) is 16.1 Å². The van der Waals surface area contributed by atoms with Gasteiger partial charge in [0.25, 0.3) is 0 Å². The third kappa shape index (κ3) is 3.20. The van der Waals surface area contributed by atoms with Gasteiger partial charge in [0, 0.05) is 16.2 Å². The van der Waals surface area contributed by atoms with Crippen LogP contribution in [0.3, 0.4) is 0 Å². The van der Waals surface area contributed by atoms with E-state index in [0.29, 0.717) is 6.04 Å². The first-order valence-electron chi connectivity index (χ1n) is 5.47. The number of anilines is 1. The Morgan fingerprint density at radius 2 is 2.12 bits per heavy atom. The van der Waals surface area contributed by atoms with Crippen LogP contribution in [0.4, 0.5) is 5.69 Å². The van der Waals surface area contributed by atoms with Crippen LogP contribution < -0.4 is 10.5 Å². The molecular weight excluding hydrogens is 304 g/mol. The maximum absolute atomic E-state index is 11.2. The fraction of sp³-hybridized carbons (Fsp3) is 0.455. The van der Waals surface area contributed by atoms with Crippen LogP contribution in [0.25, 0.3) is 0 Å². The number of halogens is 1. The van der Waals surface area contributed by atoms with Gasteiger partial charge >= 0.3 is 0 Å². The minimum absolute atomic E-state index is 0.119. The maximum Gasteiger partial charge on any atom is 0.238 e. The fourth-order valence-corrected chi connectivity index (χ4v) is 2.93. The SMILES string of the molecule is CC(Nc1ccc(S(N)(=O)=O)cc1Br)C1CC1. The Hall–Kier alpha value is -0.590. The van der Waals surface area contributed by atoms with Gasteiger partial charge in [0.2, 0.25) is 10.0 Å². The van der Waals surface area contributed by atoms with E-state index in [1.54, 1.807) is 6.07 Å². The molecule has 0 aromatic heterocycles. The molecule has 1 saturated carbocycles. The Kier molecular flexibility index (Phi) is 3.47. The van der Waals surface area contributed by atoms with E-state index >= 15 is 0 Å². The Balaban J connectivity index is 2.19. The molecule has 6 heteroatoms. The Bertz CT molecular complexity index is 526. The van der Waals surface area contributed by atoms with Crippen molar-refractivity contribution in [2.45, 2.75) is 30.7 Å². The summed E-state index contributed by atoms with van der Waals surface area (Å²) in [4.78, 5) is 0.119. The molecule has 4 nitrogen and oxygen atoms in total. The quantitative estimate of drug-likeness (QED) is 0.894. The first kappa shape index (κ1) is 12.9. The first-order valence-corrected chi connectivity index (χ1v) is 7.81. The van der Waals surface area contributed by atoms with E-state index in [1.165, 1.54) is 25.0 Å². The van der Waals surface area contributed by atoms with Crippen LogP contribution in [-0.4, -0.2) is 14.5 Å². The monoisotopic (exact) mass is 318 g/mol. The van der Waals surface area contributed by atoms with Gasteiger partial charge in [-0.1, -0.05) is 0 Å². The molecule has 17 heavy (non-hydrogen) atoms. The molecule has 1 unspecified atom stereocenters. The van der Waals surface area contributed by atoms with Crippen LogP contribution in [-0.2, 0) is 10.0 Å². The molecule has 1 aliphatic rings. The number of sulfonamides is 1. The molecule has 0 spiro atoms. The van der Waals surface area contributed by atoms with Crippen molar-refractivity contribution in [3.63, 3.8) is 0 Å². The minimum Gasteiger partial charge on any atom is -0.381 e. The average Bonchev–Trinajstić information content (AvgIpc) is 3.02. The summed E-state index contributed by atoms with van der Waals surface area (Å²) >= 11 is 3.36. The fourth-order valence-electron chi connectivity index (χ4n) is 1.75. The summed E-state index contributed by atoms with van der Waals surface area (Å²) < 4.78 is 23.1. The largest absolute Gasteiger partial charge is 0.381 e. The van der Waals surface area contributed by atoms with Gasteiger partial charge in [0.05, 0.1) is 4.90 Å². The maximum atomic E-state index is 11.2. The molecule has 94 valence electrons. The molecule has 0 bridgehead atoms. The smallest absolute Gasteiger partial charge is 0.238 e. The van der Waals surface area contributed by atoms with Gasteiger partial charge in [-0.25, -0.2) is 13.6 Å². The van der Waals surface area contributed by atoms with Crippen molar-refractivity contribution in [2.24, 2.45) is 11.1 Å². The van der Waals surface area contributed by atoms with Gasteiger partial charge in [-0.05, 0) is 59.8 Å². The van der Waals surface area contributed by atoms with Crippen molar-refractivity contribution >= 4 is 31.6 Å². The highest BCUT2D eigenvalue weighted by Gasteiger charge is 2.28. The molecule has 1 aromatic rings. The van der Waals surface area contributed by atoms with Crippen LogP contribution in [0.2, 0.25) is 0 Å². The highest BCUT2D eigenvalue weighted by atomic mass is 79.9. The van der Waals surface area contributed by atoms with Crippen LogP contribution in [0.5, 0.6) is 0 Å². The van der Waals surface area contributed by atoms with Gasteiger partial charge < -0.3 is 5.32 Å². The first-order chi connectivity index (χ1) is 7.88. The molecule has 1 aromatic carbocycles. The Morgan fingerprint density at radius 1 is 1.47 bits per heavy atom. The lowest BCUT2D eigenvalue weighted by molar-refractivity contribution is 0.597. The molecular formula is C11H15BrN2O2S. The normalized spacial score (nSPS) is 17.8. The molecule has 0 radical (unpaired) electrons. The zero-order valence-electron chi connectivity index (χ0n) is 9.48. The number of primary sulfonamides is 1. The Morgan fingerprint density at radius 3 is 2.59 bits per heavy atom. The lowest BCUT2D eigenvalue weighted by Crippen LogP contribution is -2.18. The molecule has 3 N–H and O–H groups in total. The second-order valence-corrected chi connectivity index (χ2v) is 6.87. The highest BCUT2D eigenvalue weighted by molar-refractivity contribution is 9.10. The second-order valence-electron chi connectivity index (χ2n) is 4.46. The van der Waals surface area contributed by atoms with Crippen LogP contribution in [0.15, 0.2) is 27.6 Å². The molecule has 0 heterocycles. The topological polar surface area (TPSA) is 72.2 Å². The zero-order valence-corrected chi connectivity index (χ0v) is 11.9. The van der Waals surface area contributed by atoms with E-state index in [4.69, 9.17) is 5.14 Å². The minimum atomic E-state index is -3.63. The molecule has 2 rings (SSSR count). The predicted molar refractivity (Wildman–Crippen MR) is 71.3 cm³/mol. The van der Waals surface area contributed by atoms with Crippen molar-refractivity contribution in [2.75, 3.05) is 5.32 Å². The van der Waals surface area contributed by atoms with E-state index in [1.807, 2.05) is 0 Å². The van der Waals surface area contributed by atoms with Gasteiger partial charge in [-0.3, -0.25) is 0 Å². The van der Waals surface area contributed by atoms with Crippen LogP contribution >= 0.6 is 15.9 Å². The number of hydrogen-bond acceptors (Lipinski definition) is 3. The van der Waals surface area contributed by atoms with Gasteiger partial charge in [0.1, 0.15) is 0 Å². The van der Waals surface area contributed by atoms with Crippen LogP contribution in [0, 0.1) is 5.92 Å². The number of hydrogen-bond donors (Lipinski definition) is 2. The molecule has 0 saturated heterocycles. The van der Waals surface area contributed by atoms with E-state index in [-0.39, 0.29) is 4.90 Å². The van der Waals surface area contributed by atoms with E-state index < -0.39 is 10.0 Å². The Labute approximate surface area is 110 Å². The summed E-state index contributed by atoms with van der Waals surface area (Å²) in [5.41, 5.74) is 0.900. The van der Waals surface area contributed by atoms with Gasteiger partial charge in [-0.2, -0.15) is 0 Å². The summed E-state index contributed by atoms with van der Waals surface area (Å²) in [5, 5.41) is 8.43. The molecule has 0 aliphatic heterocycles. The summed E-state index contributed by atoms with van der Waals surface area (Å²) in [6, 6.07) is 5.19. The van der Waals surface area contributed by atoms with Crippen molar-refractivity contribution in [3.8, 4) is 0 Å². The second kappa shape index (κ2) is 4.59. The predicted octanol–water partition coefficient (Wildman–Crippen LogP) is 2.31. The standard InChI is InChI=1S/C11H15BrN2O2S/c1-7(8-2-3-8)14-11-5-4-9(6-10(11)12)17(13,15)16/h4-8,14H,2-3H2,1H3,(H2,13,15,16). The summed E-state index contributed by atoms with van der Waals surface area (Å²) in [6.45, 7) is 2.14. The third-order valence-electron chi connectivity index (χ3n) is 2.98. The van der Waals surface area contributed by atoms with Gasteiger partial charge in [0.15, 0.2) is 0 Å². The average molecular weight is 319 g/mol. The van der Waals surface area contributed by atoms with Crippen molar-refractivity contribution < 1.29 is 8.42 Å². The number of nitrogens with one attached hydrogen (secondary N) is 1. The molecule has 1 atom stereocenters. The van der Waals surface area contributed by atoms with Gasteiger partial charge in [-0.15, -0.1) is 0 Å². The summed E-state index contributed by atoms with van der Waals surface area (Å²) in [6.07, 6.45) is 2.53. The van der Waals surface area contributed by atoms with E-state index in [9.17, 15) is 8.42 Å².